The fourth-order valence-electron chi connectivity index (χ4n) is 3.28. The number of fused-ring (bicyclic) bond motifs is 4. The highest BCUT2D eigenvalue weighted by Gasteiger charge is 2.18. The standard InChI is InChI=1S/C17H11N7OS/c1-23-14-11(15-16(23)21-13(5-18)26-15)7-20-24(17(14)25)8-9-3-2-4-12-10(9)6-19-22-12/h2-4,6-7H,8H2,1H3,(H,19,22). The third-order valence-corrected chi connectivity index (χ3v) is 5.50. The molecule has 1 aromatic carbocycles. The van der Waals surface area contributed by atoms with Crippen molar-refractivity contribution >= 4 is 43.5 Å². The lowest BCUT2D eigenvalue weighted by molar-refractivity contribution is 0.647. The van der Waals surface area contributed by atoms with E-state index in [2.05, 4.69) is 20.3 Å². The Labute approximate surface area is 149 Å². The van der Waals surface area contributed by atoms with E-state index >= 15 is 0 Å². The number of rotatable bonds is 2. The third kappa shape index (κ3) is 1.93. The second kappa shape index (κ2) is 5.24. The maximum absolute atomic E-state index is 13.0. The van der Waals surface area contributed by atoms with Crippen LogP contribution in [0.1, 0.15) is 10.6 Å². The second-order valence-electron chi connectivity index (χ2n) is 5.96. The first kappa shape index (κ1) is 14.8. The molecule has 0 unspecified atom stereocenters. The Morgan fingerprint density at radius 1 is 1.31 bits per heavy atom. The Morgan fingerprint density at radius 2 is 2.19 bits per heavy atom. The summed E-state index contributed by atoms with van der Waals surface area (Å²) in [5.74, 6) is 0. The number of benzene rings is 1. The fraction of sp³-hybridized carbons (Fsp3) is 0.118. The minimum atomic E-state index is -0.186. The number of H-pyrrole nitrogens is 1. The van der Waals surface area contributed by atoms with Crippen LogP contribution in [0.15, 0.2) is 35.4 Å². The second-order valence-corrected chi connectivity index (χ2v) is 6.96. The summed E-state index contributed by atoms with van der Waals surface area (Å²) >= 11 is 1.28. The maximum atomic E-state index is 13.0. The van der Waals surface area contributed by atoms with Gasteiger partial charge in [0.1, 0.15) is 11.6 Å². The zero-order valence-corrected chi connectivity index (χ0v) is 14.4. The zero-order chi connectivity index (χ0) is 17.8. The van der Waals surface area contributed by atoms with E-state index in [1.807, 2.05) is 24.3 Å². The summed E-state index contributed by atoms with van der Waals surface area (Å²) < 4.78 is 3.99. The first-order chi connectivity index (χ1) is 12.7. The number of hydrogen-bond acceptors (Lipinski definition) is 6. The molecule has 5 rings (SSSR count). The van der Waals surface area contributed by atoms with Crippen molar-refractivity contribution in [2.45, 2.75) is 6.54 Å². The molecular formula is C17H11N7OS. The SMILES string of the molecule is Cn1c2nc(C#N)sc2c2cnn(Cc3cccc4[nH]ncc34)c(=O)c21. The van der Waals surface area contributed by atoms with Crippen LogP contribution in [-0.4, -0.2) is 29.5 Å². The van der Waals surface area contributed by atoms with Crippen LogP contribution in [0.25, 0.3) is 32.2 Å². The van der Waals surface area contributed by atoms with Gasteiger partial charge in [0.05, 0.1) is 29.2 Å². The zero-order valence-electron chi connectivity index (χ0n) is 13.6. The maximum Gasteiger partial charge on any atom is 0.291 e. The van der Waals surface area contributed by atoms with Crippen molar-refractivity contribution in [1.29, 1.82) is 5.26 Å². The number of aromatic amines is 1. The van der Waals surface area contributed by atoms with Crippen molar-refractivity contribution in [3.8, 4) is 6.07 Å². The Hall–Kier alpha value is -3.51. The average molecular weight is 361 g/mol. The van der Waals surface area contributed by atoms with Crippen LogP contribution in [0.3, 0.4) is 0 Å². The van der Waals surface area contributed by atoms with Gasteiger partial charge in [0.2, 0.25) is 0 Å². The molecule has 8 nitrogen and oxygen atoms in total. The number of nitrogens with zero attached hydrogens (tertiary/aromatic N) is 6. The summed E-state index contributed by atoms with van der Waals surface area (Å²) in [5, 5.41) is 22.5. The normalized spacial score (nSPS) is 11.5. The van der Waals surface area contributed by atoms with Crippen molar-refractivity contribution in [3.05, 3.63) is 51.5 Å². The summed E-state index contributed by atoms with van der Waals surface area (Å²) in [6, 6.07) is 7.87. The first-order valence-corrected chi connectivity index (χ1v) is 8.65. The highest BCUT2D eigenvalue weighted by Crippen LogP contribution is 2.30. The molecule has 126 valence electrons. The number of thiazole rings is 1. The topological polar surface area (TPSA) is 105 Å². The van der Waals surface area contributed by atoms with Gasteiger partial charge in [-0.2, -0.15) is 15.5 Å². The van der Waals surface area contributed by atoms with Crippen LogP contribution >= 0.6 is 11.3 Å². The van der Waals surface area contributed by atoms with Gasteiger partial charge in [-0.05, 0) is 11.6 Å². The Morgan fingerprint density at radius 3 is 3.04 bits per heavy atom. The molecule has 0 spiro atoms. The van der Waals surface area contributed by atoms with Gasteiger partial charge in [-0.3, -0.25) is 9.89 Å². The molecule has 9 heteroatoms. The van der Waals surface area contributed by atoms with Crippen LogP contribution in [0.5, 0.6) is 0 Å². The molecule has 4 heterocycles. The highest BCUT2D eigenvalue weighted by atomic mass is 32.1. The molecule has 0 atom stereocenters. The molecule has 0 saturated heterocycles. The Bertz CT molecular complexity index is 1410. The summed E-state index contributed by atoms with van der Waals surface area (Å²) in [7, 11) is 1.79. The van der Waals surface area contributed by atoms with Crippen LogP contribution in [0.2, 0.25) is 0 Å². The Balaban J connectivity index is 1.71. The number of nitriles is 1. The van der Waals surface area contributed by atoms with Crippen LogP contribution in [-0.2, 0) is 13.6 Å². The molecule has 0 amide bonds. The number of aromatic nitrogens is 6. The summed E-state index contributed by atoms with van der Waals surface area (Å²) in [4.78, 5) is 17.3. The fourth-order valence-corrected chi connectivity index (χ4v) is 4.18. The predicted molar refractivity (Wildman–Crippen MR) is 98.1 cm³/mol. The molecule has 0 fully saturated rings. The molecule has 5 aromatic rings. The van der Waals surface area contributed by atoms with Gasteiger partial charge >= 0.3 is 0 Å². The van der Waals surface area contributed by atoms with Gasteiger partial charge in [-0.25, -0.2) is 9.67 Å². The summed E-state index contributed by atoms with van der Waals surface area (Å²) in [6.07, 6.45) is 3.42. The van der Waals surface area contributed by atoms with E-state index < -0.39 is 0 Å². The van der Waals surface area contributed by atoms with E-state index in [1.54, 1.807) is 24.0 Å². The molecule has 0 aliphatic rings. The van der Waals surface area contributed by atoms with Gasteiger partial charge in [0, 0.05) is 17.8 Å². The van der Waals surface area contributed by atoms with Crippen molar-refractivity contribution < 1.29 is 0 Å². The molecule has 0 saturated carbocycles. The molecule has 0 aliphatic heterocycles. The minimum Gasteiger partial charge on any atom is -0.323 e. The molecule has 0 radical (unpaired) electrons. The van der Waals surface area contributed by atoms with Crippen molar-refractivity contribution in [1.82, 2.24) is 29.5 Å². The van der Waals surface area contributed by atoms with E-state index in [0.29, 0.717) is 22.7 Å². The number of hydrogen-bond donors (Lipinski definition) is 1. The van der Waals surface area contributed by atoms with Gasteiger partial charge in [-0.1, -0.05) is 12.1 Å². The van der Waals surface area contributed by atoms with Crippen LogP contribution < -0.4 is 5.56 Å². The average Bonchev–Trinajstić information content (AvgIpc) is 3.34. The van der Waals surface area contributed by atoms with Gasteiger partial charge in [-0.15, -0.1) is 11.3 Å². The lowest BCUT2D eigenvalue weighted by atomic mass is 10.1. The van der Waals surface area contributed by atoms with Gasteiger partial charge in [0.15, 0.2) is 10.7 Å². The molecule has 26 heavy (non-hydrogen) atoms. The number of nitrogens with one attached hydrogen (secondary N) is 1. The largest absolute Gasteiger partial charge is 0.323 e. The lowest BCUT2D eigenvalue weighted by Gasteiger charge is -2.06. The quantitative estimate of drug-likeness (QED) is 0.519. The van der Waals surface area contributed by atoms with Crippen molar-refractivity contribution in [3.63, 3.8) is 0 Å². The molecule has 0 aliphatic carbocycles. The summed E-state index contributed by atoms with van der Waals surface area (Å²) in [6.45, 7) is 0.349. The molecule has 1 N–H and O–H groups in total. The molecule has 0 bridgehead atoms. The smallest absolute Gasteiger partial charge is 0.291 e. The van der Waals surface area contributed by atoms with E-state index in [-0.39, 0.29) is 5.56 Å². The minimum absolute atomic E-state index is 0.186. The summed E-state index contributed by atoms with van der Waals surface area (Å²) in [5.41, 5.74) is 2.87. The predicted octanol–water partition coefficient (Wildman–Crippen LogP) is 2.14. The van der Waals surface area contributed by atoms with Crippen LogP contribution in [0.4, 0.5) is 0 Å². The van der Waals surface area contributed by atoms with E-state index in [1.165, 1.54) is 16.0 Å². The third-order valence-electron chi connectivity index (χ3n) is 4.52. The Kier molecular flexibility index (Phi) is 2.98. The van der Waals surface area contributed by atoms with E-state index in [4.69, 9.17) is 5.26 Å². The monoisotopic (exact) mass is 361 g/mol. The van der Waals surface area contributed by atoms with Crippen LogP contribution in [0, 0.1) is 11.3 Å². The molecule has 4 aromatic heterocycles. The lowest BCUT2D eigenvalue weighted by Crippen LogP contribution is -2.24. The number of aryl methyl sites for hydroxylation is 1. The van der Waals surface area contributed by atoms with E-state index in [0.717, 1.165) is 26.6 Å². The van der Waals surface area contributed by atoms with Gasteiger partial charge < -0.3 is 4.57 Å². The van der Waals surface area contributed by atoms with Gasteiger partial charge in [0.25, 0.3) is 5.56 Å². The van der Waals surface area contributed by atoms with Crippen molar-refractivity contribution in [2.24, 2.45) is 7.05 Å². The van der Waals surface area contributed by atoms with E-state index in [9.17, 15) is 4.79 Å². The van der Waals surface area contributed by atoms with Crippen molar-refractivity contribution in [2.75, 3.05) is 0 Å². The highest BCUT2D eigenvalue weighted by molar-refractivity contribution is 7.20. The first-order valence-electron chi connectivity index (χ1n) is 7.83. The molecular weight excluding hydrogens is 350 g/mol.